The van der Waals surface area contributed by atoms with Gasteiger partial charge in [0.25, 0.3) is 0 Å². The number of carbonyl (C=O) groups is 1. The molecular weight excluding hydrogens is 246 g/mol. The van der Waals surface area contributed by atoms with E-state index in [0.717, 1.165) is 31.6 Å². The second-order valence-electron chi connectivity index (χ2n) is 5.05. The second kappa shape index (κ2) is 4.74. The third-order valence-electron chi connectivity index (χ3n) is 3.82. The van der Waals surface area contributed by atoms with Crippen LogP contribution in [0.1, 0.15) is 23.2 Å². The van der Waals surface area contributed by atoms with Crippen LogP contribution >= 0.6 is 0 Å². The first kappa shape index (κ1) is 12.3. The normalized spacial score (nSPS) is 25.4. The standard InChI is InChI=1S/C14H17NO4/c1-18-9-4-5-12(14(16)17)13(6-9)15-7-10-2-3-11(8-15)19-10/h4-6,10-11H,2-3,7-8H2,1H3,(H,16,17). The summed E-state index contributed by atoms with van der Waals surface area (Å²) in [6.07, 6.45) is 2.58. The lowest BCUT2D eigenvalue weighted by atomic mass is 10.1. The van der Waals surface area contributed by atoms with Crippen LogP contribution in [0.4, 0.5) is 5.69 Å². The maximum absolute atomic E-state index is 11.3. The fourth-order valence-corrected chi connectivity index (χ4v) is 2.89. The van der Waals surface area contributed by atoms with Crippen LogP contribution in [0.25, 0.3) is 0 Å². The van der Waals surface area contributed by atoms with Gasteiger partial charge in [0, 0.05) is 19.2 Å². The quantitative estimate of drug-likeness (QED) is 0.900. The van der Waals surface area contributed by atoms with E-state index in [1.807, 2.05) is 0 Å². The summed E-state index contributed by atoms with van der Waals surface area (Å²) >= 11 is 0. The highest BCUT2D eigenvalue weighted by molar-refractivity contribution is 5.95. The van der Waals surface area contributed by atoms with Crippen molar-refractivity contribution in [3.8, 4) is 5.75 Å². The molecular formula is C14H17NO4. The predicted molar refractivity (Wildman–Crippen MR) is 70.1 cm³/mol. The van der Waals surface area contributed by atoms with Crippen LogP contribution in [0.3, 0.4) is 0 Å². The highest BCUT2D eigenvalue weighted by atomic mass is 16.5. The van der Waals surface area contributed by atoms with Crippen molar-refractivity contribution in [2.24, 2.45) is 0 Å². The molecule has 0 aromatic heterocycles. The van der Waals surface area contributed by atoms with Crippen LogP contribution in [0.2, 0.25) is 0 Å². The van der Waals surface area contributed by atoms with E-state index >= 15 is 0 Å². The fraction of sp³-hybridized carbons (Fsp3) is 0.500. The third-order valence-corrected chi connectivity index (χ3v) is 3.82. The molecule has 2 bridgehead atoms. The zero-order valence-corrected chi connectivity index (χ0v) is 10.8. The minimum absolute atomic E-state index is 0.228. The summed E-state index contributed by atoms with van der Waals surface area (Å²) in [7, 11) is 1.59. The summed E-state index contributed by atoms with van der Waals surface area (Å²) in [5, 5.41) is 9.31. The molecule has 2 saturated heterocycles. The van der Waals surface area contributed by atoms with Crippen LogP contribution in [-0.4, -0.2) is 43.5 Å². The highest BCUT2D eigenvalue weighted by Gasteiger charge is 2.35. The summed E-state index contributed by atoms with van der Waals surface area (Å²) in [6.45, 7) is 1.51. The lowest BCUT2D eigenvalue weighted by molar-refractivity contribution is 0.0303. The van der Waals surface area contributed by atoms with E-state index in [-0.39, 0.29) is 12.2 Å². The molecule has 0 saturated carbocycles. The lowest BCUT2D eigenvalue weighted by Gasteiger charge is -2.34. The SMILES string of the molecule is COc1ccc(C(=O)O)c(N2CC3CCC(C2)O3)c1. The molecule has 0 amide bonds. The third kappa shape index (κ3) is 2.26. The number of aromatic carboxylic acids is 1. The zero-order valence-electron chi connectivity index (χ0n) is 10.8. The Hall–Kier alpha value is -1.75. The molecule has 2 fully saturated rings. The molecule has 2 aliphatic rings. The van der Waals surface area contributed by atoms with Gasteiger partial charge < -0.3 is 19.5 Å². The summed E-state index contributed by atoms with van der Waals surface area (Å²) in [6, 6.07) is 5.09. The molecule has 2 heterocycles. The maximum atomic E-state index is 11.3. The molecule has 5 nitrogen and oxygen atoms in total. The number of rotatable bonds is 3. The largest absolute Gasteiger partial charge is 0.497 e. The van der Waals surface area contributed by atoms with Crippen LogP contribution in [0.5, 0.6) is 5.75 Å². The Morgan fingerprint density at radius 1 is 1.37 bits per heavy atom. The van der Waals surface area contributed by atoms with Gasteiger partial charge in [0.1, 0.15) is 5.75 Å². The highest BCUT2D eigenvalue weighted by Crippen LogP contribution is 2.33. The fourth-order valence-electron chi connectivity index (χ4n) is 2.89. The first-order valence-electron chi connectivity index (χ1n) is 6.49. The van der Waals surface area contributed by atoms with Gasteiger partial charge in [0.15, 0.2) is 0 Å². The summed E-state index contributed by atoms with van der Waals surface area (Å²) in [5.74, 6) is -0.227. The Labute approximate surface area is 111 Å². The number of hydrogen-bond donors (Lipinski definition) is 1. The predicted octanol–water partition coefficient (Wildman–Crippen LogP) is 1.76. The second-order valence-corrected chi connectivity index (χ2v) is 5.05. The van der Waals surface area contributed by atoms with Gasteiger partial charge in [-0.2, -0.15) is 0 Å². The van der Waals surface area contributed by atoms with Crippen molar-refractivity contribution < 1.29 is 19.4 Å². The van der Waals surface area contributed by atoms with Gasteiger partial charge in [-0.25, -0.2) is 4.79 Å². The molecule has 2 aliphatic heterocycles. The molecule has 5 heteroatoms. The van der Waals surface area contributed by atoms with E-state index < -0.39 is 5.97 Å². The van der Waals surface area contributed by atoms with Gasteiger partial charge in [-0.3, -0.25) is 0 Å². The number of carboxylic acids is 1. The van der Waals surface area contributed by atoms with Gasteiger partial charge in [-0.15, -0.1) is 0 Å². The van der Waals surface area contributed by atoms with E-state index in [2.05, 4.69) is 4.90 Å². The number of carboxylic acid groups (broad SMARTS) is 1. The monoisotopic (exact) mass is 263 g/mol. The van der Waals surface area contributed by atoms with Gasteiger partial charge in [-0.1, -0.05) is 0 Å². The van der Waals surface area contributed by atoms with Crippen LogP contribution in [-0.2, 0) is 4.74 Å². The average Bonchev–Trinajstić information content (AvgIpc) is 2.76. The number of hydrogen-bond acceptors (Lipinski definition) is 4. The van der Waals surface area contributed by atoms with E-state index in [1.54, 1.807) is 25.3 Å². The van der Waals surface area contributed by atoms with Crippen molar-refractivity contribution in [3.63, 3.8) is 0 Å². The average molecular weight is 263 g/mol. The van der Waals surface area contributed by atoms with Crippen molar-refractivity contribution in [1.29, 1.82) is 0 Å². The molecule has 1 aromatic rings. The maximum Gasteiger partial charge on any atom is 0.337 e. The van der Waals surface area contributed by atoms with Crippen molar-refractivity contribution in [2.45, 2.75) is 25.0 Å². The Bertz CT molecular complexity index is 490. The van der Waals surface area contributed by atoms with Crippen LogP contribution < -0.4 is 9.64 Å². The van der Waals surface area contributed by atoms with Crippen molar-refractivity contribution >= 4 is 11.7 Å². The summed E-state index contributed by atoms with van der Waals surface area (Å²) < 4.78 is 11.0. The topological polar surface area (TPSA) is 59.0 Å². The molecule has 102 valence electrons. The van der Waals surface area contributed by atoms with E-state index in [9.17, 15) is 9.90 Å². The van der Waals surface area contributed by atoms with E-state index in [0.29, 0.717) is 11.3 Å². The molecule has 0 radical (unpaired) electrons. The van der Waals surface area contributed by atoms with Crippen molar-refractivity contribution in [2.75, 3.05) is 25.1 Å². The molecule has 0 spiro atoms. The smallest absolute Gasteiger partial charge is 0.337 e. The number of benzene rings is 1. The summed E-state index contributed by atoms with van der Waals surface area (Å²) in [5.41, 5.74) is 1.05. The molecule has 1 N–H and O–H groups in total. The van der Waals surface area contributed by atoms with Crippen molar-refractivity contribution in [1.82, 2.24) is 0 Å². The number of nitrogens with zero attached hydrogens (tertiary/aromatic N) is 1. The van der Waals surface area contributed by atoms with Gasteiger partial charge in [-0.05, 0) is 25.0 Å². The number of methoxy groups -OCH3 is 1. The molecule has 0 aliphatic carbocycles. The van der Waals surface area contributed by atoms with Crippen LogP contribution in [0.15, 0.2) is 18.2 Å². The first-order chi connectivity index (χ1) is 9.17. The lowest BCUT2D eigenvalue weighted by Crippen LogP contribution is -2.43. The molecule has 2 atom stereocenters. The number of anilines is 1. The molecule has 1 aromatic carbocycles. The number of ether oxygens (including phenoxy) is 2. The Morgan fingerprint density at radius 2 is 2.05 bits per heavy atom. The zero-order chi connectivity index (χ0) is 13.4. The van der Waals surface area contributed by atoms with Gasteiger partial charge >= 0.3 is 5.97 Å². The Kier molecular flexibility index (Phi) is 3.06. The Balaban J connectivity index is 1.95. The molecule has 19 heavy (non-hydrogen) atoms. The van der Waals surface area contributed by atoms with Gasteiger partial charge in [0.05, 0.1) is 30.6 Å². The summed E-state index contributed by atoms with van der Waals surface area (Å²) in [4.78, 5) is 13.5. The van der Waals surface area contributed by atoms with Crippen molar-refractivity contribution in [3.05, 3.63) is 23.8 Å². The first-order valence-corrected chi connectivity index (χ1v) is 6.49. The number of morpholine rings is 1. The van der Waals surface area contributed by atoms with Crippen LogP contribution in [0, 0.1) is 0 Å². The van der Waals surface area contributed by atoms with E-state index in [4.69, 9.17) is 9.47 Å². The van der Waals surface area contributed by atoms with Gasteiger partial charge in [0.2, 0.25) is 0 Å². The molecule has 2 unspecified atom stereocenters. The molecule has 3 rings (SSSR count). The Morgan fingerprint density at radius 3 is 2.63 bits per heavy atom. The number of fused-ring (bicyclic) bond motifs is 2. The minimum Gasteiger partial charge on any atom is -0.497 e. The minimum atomic E-state index is -0.906. The van der Waals surface area contributed by atoms with E-state index in [1.165, 1.54) is 0 Å².